The molecular weight excluding hydrogens is 280 g/mol. The molecular formula is C12H22N4O3S. The highest BCUT2D eigenvalue weighted by molar-refractivity contribution is 7.88. The van der Waals surface area contributed by atoms with E-state index in [1.165, 1.54) is 6.92 Å². The van der Waals surface area contributed by atoms with Crippen LogP contribution in [-0.4, -0.2) is 36.2 Å². The highest BCUT2D eigenvalue weighted by Crippen LogP contribution is 2.04. The maximum Gasteiger partial charge on any atom is 0.238 e. The van der Waals surface area contributed by atoms with Gasteiger partial charge in [0.2, 0.25) is 15.9 Å². The Labute approximate surface area is 119 Å². The molecule has 8 heteroatoms. The zero-order valence-corrected chi connectivity index (χ0v) is 13.1. The summed E-state index contributed by atoms with van der Waals surface area (Å²) in [7, 11) is -3.39. The second-order valence-corrected chi connectivity index (χ2v) is 7.04. The Morgan fingerprint density at radius 3 is 2.60 bits per heavy atom. The molecule has 0 aliphatic carbocycles. The van der Waals surface area contributed by atoms with Crippen molar-refractivity contribution in [3.63, 3.8) is 0 Å². The van der Waals surface area contributed by atoms with Crippen LogP contribution in [-0.2, 0) is 27.9 Å². The largest absolute Gasteiger partial charge is 0.349 e. The van der Waals surface area contributed by atoms with Crippen molar-refractivity contribution in [2.45, 2.75) is 39.9 Å². The number of rotatable bonds is 7. The molecule has 1 atom stereocenters. The Morgan fingerprint density at radius 2 is 2.05 bits per heavy atom. The van der Waals surface area contributed by atoms with E-state index in [2.05, 4.69) is 28.9 Å². The number of carbonyl (C=O) groups is 1. The molecule has 0 aromatic carbocycles. The van der Waals surface area contributed by atoms with E-state index in [1.54, 1.807) is 12.5 Å². The fraction of sp³-hybridized carbons (Fsp3) is 0.667. The molecule has 114 valence electrons. The average Bonchev–Trinajstić information content (AvgIpc) is 2.70. The third kappa shape index (κ3) is 5.70. The molecule has 1 rings (SSSR count). The van der Waals surface area contributed by atoms with Crippen LogP contribution in [0.5, 0.6) is 0 Å². The van der Waals surface area contributed by atoms with E-state index >= 15 is 0 Å². The molecule has 1 aromatic rings. The normalized spacial score (nSPS) is 13.4. The van der Waals surface area contributed by atoms with Gasteiger partial charge in [-0.15, -0.1) is 0 Å². The number of hydrogen-bond donors (Lipinski definition) is 2. The number of nitrogens with one attached hydrogen (secondary N) is 2. The van der Waals surface area contributed by atoms with Gasteiger partial charge in [-0.25, -0.2) is 18.1 Å². The molecule has 2 N–H and O–H groups in total. The van der Waals surface area contributed by atoms with Crippen LogP contribution in [0.4, 0.5) is 0 Å². The van der Waals surface area contributed by atoms with Crippen molar-refractivity contribution >= 4 is 15.9 Å². The number of carbonyl (C=O) groups excluding carboxylic acids is 1. The third-order valence-electron chi connectivity index (χ3n) is 2.59. The molecule has 0 radical (unpaired) electrons. The lowest BCUT2D eigenvalue weighted by Gasteiger charge is -2.14. The van der Waals surface area contributed by atoms with E-state index in [4.69, 9.17) is 0 Å². The fourth-order valence-electron chi connectivity index (χ4n) is 1.76. The lowest BCUT2D eigenvalue weighted by molar-refractivity contribution is -0.122. The number of imidazole rings is 1. The topological polar surface area (TPSA) is 93.1 Å². The number of amides is 1. The number of hydrogen-bond acceptors (Lipinski definition) is 4. The zero-order chi connectivity index (χ0) is 15.3. The molecule has 0 spiro atoms. The minimum absolute atomic E-state index is 0.321. The molecule has 0 unspecified atom stereocenters. The quantitative estimate of drug-likeness (QED) is 0.746. The maximum atomic E-state index is 11.8. The monoisotopic (exact) mass is 302 g/mol. The Morgan fingerprint density at radius 1 is 1.40 bits per heavy atom. The summed E-state index contributed by atoms with van der Waals surface area (Å²) < 4.78 is 26.3. The highest BCUT2D eigenvalue weighted by atomic mass is 32.2. The number of nitrogens with zero attached hydrogens (tertiary/aromatic N) is 2. The second-order valence-electron chi connectivity index (χ2n) is 5.26. The summed E-state index contributed by atoms with van der Waals surface area (Å²) in [5, 5.41) is 2.69. The van der Waals surface area contributed by atoms with Crippen LogP contribution in [0.15, 0.2) is 12.5 Å². The van der Waals surface area contributed by atoms with Gasteiger partial charge in [-0.2, -0.15) is 0 Å². The molecule has 7 nitrogen and oxygen atoms in total. The highest BCUT2D eigenvalue weighted by Gasteiger charge is 2.17. The number of sulfonamides is 1. The standard InChI is InChI=1S/C12H22N4O3S/c1-9(2)7-16-8-13-5-11(16)6-14-12(17)10(3)15-20(4,18)19/h5,8-10,15H,6-7H2,1-4H3,(H,14,17)/t10-/m0/s1. The Kier molecular flexibility index (Phi) is 5.70. The van der Waals surface area contributed by atoms with Crippen LogP contribution < -0.4 is 10.0 Å². The zero-order valence-electron chi connectivity index (χ0n) is 12.3. The van der Waals surface area contributed by atoms with Gasteiger partial charge < -0.3 is 9.88 Å². The predicted molar refractivity (Wildman–Crippen MR) is 76.4 cm³/mol. The fourth-order valence-corrected chi connectivity index (χ4v) is 2.51. The van der Waals surface area contributed by atoms with Gasteiger partial charge in [0.25, 0.3) is 0 Å². The van der Waals surface area contributed by atoms with E-state index in [0.717, 1.165) is 18.5 Å². The van der Waals surface area contributed by atoms with E-state index in [1.807, 2.05) is 4.57 Å². The first kappa shape index (κ1) is 16.6. The molecule has 0 aliphatic heterocycles. The summed E-state index contributed by atoms with van der Waals surface area (Å²) in [6, 6.07) is -0.800. The smallest absolute Gasteiger partial charge is 0.238 e. The lowest BCUT2D eigenvalue weighted by atomic mass is 10.2. The summed E-state index contributed by atoms with van der Waals surface area (Å²) in [6.45, 7) is 6.84. The van der Waals surface area contributed by atoms with Gasteiger partial charge in [0, 0.05) is 12.7 Å². The van der Waals surface area contributed by atoms with Gasteiger partial charge in [-0.3, -0.25) is 4.79 Å². The van der Waals surface area contributed by atoms with Crippen molar-refractivity contribution in [1.82, 2.24) is 19.6 Å². The average molecular weight is 302 g/mol. The van der Waals surface area contributed by atoms with Crippen LogP contribution in [0.2, 0.25) is 0 Å². The Balaban J connectivity index is 2.55. The molecule has 1 heterocycles. The second kappa shape index (κ2) is 6.85. The van der Waals surface area contributed by atoms with Crippen LogP contribution in [0.3, 0.4) is 0 Å². The molecule has 1 aromatic heterocycles. The lowest BCUT2D eigenvalue weighted by Crippen LogP contribution is -2.44. The van der Waals surface area contributed by atoms with Crippen molar-refractivity contribution in [2.24, 2.45) is 5.92 Å². The third-order valence-corrected chi connectivity index (χ3v) is 3.37. The van der Waals surface area contributed by atoms with Crippen molar-refractivity contribution in [3.8, 4) is 0 Å². The SMILES string of the molecule is CC(C)Cn1cncc1CNC(=O)[C@H](C)NS(C)(=O)=O. The summed E-state index contributed by atoms with van der Waals surface area (Å²) in [6.07, 6.45) is 4.44. The number of aromatic nitrogens is 2. The van der Waals surface area contributed by atoms with E-state index in [0.29, 0.717) is 12.5 Å². The molecule has 0 aliphatic rings. The van der Waals surface area contributed by atoms with Gasteiger partial charge in [0.15, 0.2) is 0 Å². The Hall–Kier alpha value is -1.41. The van der Waals surface area contributed by atoms with Gasteiger partial charge >= 0.3 is 0 Å². The van der Waals surface area contributed by atoms with E-state index < -0.39 is 16.1 Å². The molecule has 20 heavy (non-hydrogen) atoms. The van der Waals surface area contributed by atoms with Gasteiger partial charge in [0.05, 0.1) is 30.9 Å². The first-order valence-corrected chi connectivity index (χ1v) is 8.32. The summed E-state index contributed by atoms with van der Waals surface area (Å²) in [5.74, 6) is 0.109. The van der Waals surface area contributed by atoms with Gasteiger partial charge in [-0.1, -0.05) is 13.8 Å². The first-order valence-electron chi connectivity index (χ1n) is 6.43. The van der Waals surface area contributed by atoms with Crippen LogP contribution in [0.1, 0.15) is 26.5 Å². The minimum Gasteiger partial charge on any atom is -0.349 e. The van der Waals surface area contributed by atoms with Crippen LogP contribution >= 0.6 is 0 Å². The maximum absolute atomic E-state index is 11.8. The van der Waals surface area contributed by atoms with E-state index in [9.17, 15) is 13.2 Å². The van der Waals surface area contributed by atoms with Crippen molar-refractivity contribution in [2.75, 3.05) is 6.26 Å². The summed E-state index contributed by atoms with van der Waals surface area (Å²) >= 11 is 0. The molecule has 0 saturated heterocycles. The van der Waals surface area contributed by atoms with Crippen molar-refractivity contribution < 1.29 is 13.2 Å². The minimum atomic E-state index is -3.39. The van der Waals surface area contributed by atoms with Crippen LogP contribution in [0, 0.1) is 5.92 Å². The van der Waals surface area contributed by atoms with E-state index in [-0.39, 0.29) is 5.91 Å². The van der Waals surface area contributed by atoms with Crippen LogP contribution in [0.25, 0.3) is 0 Å². The van der Waals surface area contributed by atoms with Gasteiger partial charge in [-0.05, 0) is 12.8 Å². The first-order chi connectivity index (χ1) is 9.19. The summed E-state index contributed by atoms with van der Waals surface area (Å²) in [5.41, 5.74) is 0.888. The van der Waals surface area contributed by atoms with Crippen molar-refractivity contribution in [3.05, 3.63) is 18.2 Å². The predicted octanol–water partition coefficient (Wildman–Crippen LogP) is 0.0930. The molecule has 1 amide bonds. The molecule has 0 saturated carbocycles. The van der Waals surface area contributed by atoms with Gasteiger partial charge in [0.1, 0.15) is 0 Å². The Bertz CT molecular complexity index is 551. The summed E-state index contributed by atoms with van der Waals surface area (Å²) in [4.78, 5) is 15.8. The van der Waals surface area contributed by atoms with Crippen molar-refractivity contribution in [1.29, 1.82) is 0 Å². The molecule has 0 fully saturated rings. The molecule has 0 bridgehead atoms.